The summed E-state index contributed by atoms with van der Waals surface area (Å²) in [7, 11) is 0. The van der Waals surface area contributed by atoms with Gasteiger partial charge in [0.05, 0.1) is 5.69 Å². The molecule has 1 saturated heterocycles. The Kier molecular flexibility index (Phi) is 6.19. The highest BCUT2D eigenvalue weighted by Crippen LogP contribution is 2.29. The number of hydrogen-bond donors (Lipinski definition) is 3. The van der Waals surface area contributed by atoms with Gasteiger partial charge in [-0.05, 0) is 36.6 Å². The number of aromatic carboxylic acids is 1. The summed E-state index contributed by atoms with van der Waals surface area (Å²) in [5.74, 6) is -1.32. The number of carboxylic acids is 1. The molecule has 3 heterocycles. The van der Waals surface area contributed by atoms with Gasteiger partial charge in [0.25, 0.3) is 0 Å². The van der Waals surface area contributed by atoms with E-state index in [4.69, 9.17) is 9.84 Å². The molecule has 0 saturated carbocycles. The summed E-state index contributed by atoms with van der Waals surface area (Å²) in [6, 6.07) is 15.8. The van der Waals surface area contributed by atoms with E-state index >= 15 is 0 Å². The molecule has 2 aromatic heterocycles. The minimum absolute atomic E-state index is 0.117. The van der Waals surface area contributed by atoms with Crippen LogP contribution in [0.3, 0.4) is 0 Å². The van der Waals surface area contributed by atoms with E-state index in [1.165, 1.54) is 16.2 Å². The fourth-order valence-corrected chi connectivity index (χ4v) is 4.84. The Morgan fingerprint density at radius 2 is 2.00 bits per heavy atom. The summed E-state index contributed by atoms with van der Waals surface area (Å²) in [5.41, 5.74) is 3.18. The topological polar surface area (TPSA) is 125 Å². The van der Waals surface area contributed by atoms with E-state index in [9.17, 15) is 14.4 Å². The van der Waals surface area contributed by atoms with Crippen LogP contribution in [-0.2, 0) is 16.1 Å². The van der Waals surface area contributed by atoms with Crippen molar-refractivity contribution in [1.82, 2.24) is 14.9 Å². The summed E-state index contributed by atoms with van der Waals surface area (Å²) in [4.78, 5) is 45.6. The van der Waals surface area contributed by atoms with Gasteiger partial charge in [-0.2, -0.15) is 0 Å². The van der Waals surface area contributed by atoms with Crippen LogP contribution < -0.4 is 5.32 Å². The Bertz CT molecular complexity index is 1400. The van der Waals surface area contributed by atoms with Crippen LogP contribution in [0.1, 0.15) is 28.9 Å². The maximum atomic E-state index is 12.9. The van der Waals surface area contributed by atoms with Gasteiger partial charge in [-0.25, -0.2) is 14.6 Å². The summed E-state index contributed by atoms with van der Waals surface area (Å²) >= 11 is 1.28. The van der Waals surface area contributed by atoms with Crippen molar-refractivity contribution in [3.8, 4) is 11.3 Å². The maximum absolute atomic E-state index is 12.9. The van der Waals surface area contributed by atoms with Crippen LogP contribution in [0, 0.1) is 0 Å². The van der Waals surface area contributed by atoms with Crippen molar-refractivity contribution in [3.05, 3.63) is 71.2 Å². The fraction of sp³-hybridized carbons (Fsp3) is 0.200. The molecule has 9 nitrogen and oxygen atoms in total. The van der Waals surface area contributed by atoms with Crippen LogP contribution >= 0.6 is 11.3 Å². The normalized spacial score (nSPS) is 15.3. The van der Waals surface area contributed by atoms with Crippen molar-refractivity contribution in [2.24, 2.45) is 0 Å². The highest BCUT2D eigenvalue weighted by Gasteiger charge is 2.35. The number of aromatic nitrogens is 2. The number of likely N-dealkylation sites (tertiary alicyclic amines) is 1. The molecule has 0 spiro atoms. The minimum Gasteiger partial charge on any atom is -0.477 e. The molecular formula is C25H22N4O5S. The lowest BCUT2D eigenvalue weighted by atomic mass is 10.1. The zero-order chi connectivity index (χ0) is 24.4. The standard InChI is InChI=1S/C25H22N4O5S/c30-22(21-7-4-10-29(21)25(33)34-13-15-5-2-1-3-6-15)28-24-27-20(14-35-24)16-8-9-18-17(11-16)12-19(26-18)23(31)32/h1-3,5-6,8-9,11-12,14,21,26H,4,7,10,13H2,(H,31,32)(H,27,28,30). The third kappa shape index (κ3) is 4.87. The number of amides is 2. The first-order chi connectivity index (χ1) is 17.0. The van der Waals surface area contributed by atoms with E-state index in [1.807, 2.05) is 47.8 Å². The number of anilines is 1. The number of nitrogens with one attached hydrogen (secondary N) is 2. The SMILES string of the molecule is O=C(O)c1cc2cc(-c3csc(NC(=O)C4CCCN4C(=O)OCc4ccccc4)n3)ccc2[nH]1. The number of carbonyl (C=O) groups is 3. The van der Waals surface area contributed by atoms with Gasteiger partial charge in [0.15, 0.2) is 5.13 Å². The average molecular weight is 491 g/mol. The summed E-state index contributed by atoms with van der Waals surface area (Å²) in [6.07, 6.45) is 0.767. The summed E-state index contributed by atoms with van der Waals surface area (Å²) < 4.78 is 5.41. The highest BCUT2D eigenvalue weighted by molar-refractivity contribution is 7.14. The monoisotopic (exact) mass is 490 g/mol. The van der Waals surface area contributed by atoms with E-state index in [-0.39, 0.29) is 18.2 Å². The van der Waals surface area contributed by atoms with E-state index in [1.54, 1.807) is 12.1 Å². The fourth-order valence-electron chi connectivity index (χ4n) is 4.12. The maximum Gasteiger partial charge on any atom is 0.410 e. The molecule has 1 aliphatic rings. The predicted molar refractivity (Wildman–Crippen MR) is 131 cm³/mol. The average Bonchev–Trinajstić information content (AvgIpc) is 3.62. The van der Waals surface area contributed by atoms with Gasteiger partial charge >= 0.3 is 12.1 Å². The molecule has 4 aromatic rings. The van der Waals surface area contributed by atoms with Crippen molar-refractivity contribution in [2.75, 3.05) is 11.9 Å². The molecule has 0 radical (unpaired) electrons. The first-order valence-corrected chi connectivity index (χ1v) is 12.0. The number of carbonyl (C=O) groups excluding carboxylic acids is 2. The van der Waals surface area contributed by atoms with Gasteiger partial charge in [-0.3, -0.25) is 9.69 Å². The molecule has 0 bridgehead atoms. The lowest BCUT2D eigenvalue weighted by Crippen LogP contribution is -2.43. The van der Waals surface area contributed by atoms with E-state index in [0.29, 0.717) is 23.8 Å². The Hall–Kier alpha value is -4.18. The zero-order valence-electron chi connectivity index (χ0n) is 18.6. The molecule has 0 aliphatic carbocycles. The van der Waals surface area contributed by atoms with E-state index in [0.717, 1.165) is 28.5 Å². The molecule has 2 aromatic carbocycles. The number of aromatic amines is 1. The third-order valence-electron chi connectivity index (χ3n) is 5.88. The molecule has 2 amide bonds. The van der Waals surface area contributed by atoms with Crippen LogP contribution in [-0.4, -0.2) is 50.5 Å². The third-order valence-corrected chi connectivity index (χ3v) is 6.63. The number of carboxylic acid groups (broad SMARTS) is 1. The Labute approximate surface area is 204 Å². The van der Waals surface area contributed by atoms with Gasteiger partial charge in [0, 0.05) is 28.4 Å². The van der Waals surface area contributed by atoms with Crippen molar-refractivity contribution in [3.63, 3.8) is 0 Å². The second kappa shape index (κ2) is 9.59. The van der Waals surface area contributed by atoms with E-state index < -0.39 is 18.1 Å². The molecule has 5 rings (SSSR count). The van der Waals surface area contributed by atoms with Gasteiger partial charge in [0.1, 0.15) is 18.3 Å². The van der Waals surface area contributed by atoms with Crippen LogP contribution in [0.5, 0.6) is 0 Å². The Morgan fingerprint density at radius 3 is 2.80 bits per heavy atom. The number of H-pyrrole nitrogens is 1. The quantitative estimate of drug-likeness (QED) is 0.359. The lowest BCUT2D eigenvalue weighted by molar-refractivity contribution is -0.120. The molecule has 1 atom stereocenters. The molecule has 1 fully saturated rings. The number of benzene rings is 2. The van der Waals surface area contributed by atoms with Crippen LogP contribution in [0.25, 0.3) is 22.2 Å². The molecule has 1 aliphatic heterocycles. The van der Waals surface area contributed by atoms with Crippen LogP contribution in [0.2, 0.25) is 0 Å². The van der Waals surface area contributed by atoms with Gasteiger partial charge in [-0.15, -0.1) is 11.3 Å². The first-order valence-electron chi connectivity index (χ1n) is 11.1. The Balaban J connectivity index is 1.24. The largest absolute Gasteiger partial charge is 0.477 e. The second-order valence-corrected chi connectivity index (χ2v) is 9.07. The molecule has 10 heteroatoms. The lowest BCUT2D eigenvalue weighted by Gasteiger charge is -2.22. The molecule has 35 heavy (non-hydrogen) atoms. The summed E-state index contributed by atoms with van der Waals surface area (Å²) in [6.45, 7) is 0.615. The Morgan fingerprint density at radius 1 is 1.17 bits per heavy atom. The molecule has 178 valence electrons. The zero-order valence-corrected chi connectivity index (χ0v) is 19.4. The van der Waals surface area contributed by atoms with Crippen LogP contribution in [0.15, 0.2) is 60.0 Å². The number of fused-ring (bicyclic) bond motifs is 1. The van der Waals surface area contributed by atoms with Crippen molar-refractivity contribution >= 4 is 45.3 Å². The number of thiazole rings is 1. The highest BCUT2D eigenvalue weighted by atomic mass is 32.1. The van der Waals surface area contributed by atoms with Gasteiger partial charge < -0.3 is 20.1 Å². The smallest absolute Gasteiger partial charge is 0.410 e. The van der Waals surface area contributed by atoms with Crippen molar-refractivity contribution < 1.29 is 24.2 Å². The van der Waals surface area contributed by atoms with Crippen LogP contribution in [0.4, 0.5) is 9.93 Å². The van der Waals surface area contributed by atoms with Crippen molar-refractivity contribution in [1.29, 1.82) is 0 Å². The van der Waals surface area contributed by atoms with Gasteiger partial charge in [0.2, 0.25) is 5.91 Å². The molecular weight excluding hydrogens is 468 g/mol. The number of ether oxygens (including phenoxy) is 1. The predicted octanol–water partition coefficient (Wildman–Crippen LogP) is 4.73. The summed E-state index contributed by atoms with van der Waals surface area (Å²) in [5, 5.41) is 15.0. The first kappa shape index (κ1) is 22.6. The molecule has 3 N–H and O–H groups in total. The number of hydrogen-bond acceptors (Lipinski definition) is 6. The number of rotatable bonds is 6. The van der Waals surface area contributed by atoms with Gasteiger partial charge in [-0.1, -0.05) is 36.4 Å². The minimum atomic E-state index is -1.02. The number of nitrogens with zero attached hydrogens (tertiary/aromatic N) is 2. The second-order valence-electron chi connectivity index (χ2n) is 8.21. The van der Waals surface area contributed by atoms with Crippen molar-refractivity contribution in [2.45, 2.75) is 25.5 Å². The molecule has 1 unspecified atom stereocenters. The van der Waals surface area contributed by atoms with E-state index in [2.05, 4.69) is 15.3 Å².